The molecule has 1 heterocycles. The zero-order valence-corrected chi connectivity index (χ0v) is 9.31. The second kappa shape index (κ2) is 4.72. The third-order valence-corrected chi connectivity index (χ3v) is 2.61. The summed E-state index contributed by atoms with van der Waals surface area (Å²) >= 11 is 0. The van der Waals surface area contributed by atoms with Gasteiger partial charge in [-0.2, -0.15) is 0 Å². The molecule has 0 bridgehead atoms. The second-order valence-electron chi connectivity index (χ2n) is 3.67. The minimum Gasteiger partial charge on any atom is -0.464 e. The van der Waals surface area contributed by atoms with Crippen LogP contribution < -0.4 is 0 Å². The molecule has 0 aliphatic rings. The normalized spacial score (nSPS) is 12.0. The van der Waals surface area contributed by atoms with Gasteiger partial charge in [0.25, 0.3) is 0 Å². The van der Waals surface area contributed by atoms with Crippen LogP contribution in [0.1, 0.15) is 29.9 Å². The van der Waals surface area contributed by atoms with Gasteiger partial charge < -0.3 is 4.42 Å². The van der Waals surface area contributed by atoms with Gasteiger partial charge in [0.2, 0.25) is 0 Å². The summed E-state index contributed by atoms with van der Waals surface area (Å²) in [7, 11) is 0. The second-order valence-corrected chi connectivity index (χ2v) is 3.67. The van der Waals surface area contributed by atoms with Crippen LogP contribution in [-0.4, -0.2) is 0 Å². The van der Waals surface area contributed by atoms with Crippen LogP contribution >= 0.6 is 0 Å². The van der Waals surface area contributed by atoms with Crippen LogP contribution in [0.15, 0.2) is 46.9 Å². The lowest BCUT2D eigenvalue weighted by Gasteiger charge is -2.07. The number of hydrogen-bond donors (Lipinski definition) is 0. The lowest BCUT2D eigenvalue weighted by Crippen LogP contribution is -1.95. The maximum atomic E-state index is 5.70. The number of rotatable bonds is 3. The van der Waals surface area contributed by atoms with Crippen LogP contribution in [0.4, 0.5) is 0 Å². The van der Waals surface area contributed by atoms with Crippen molar-refractivity contribution in [3.63, 3.8) is 0 Å². The van der Waals surface area contributed by atoms with Crippen molar-refractivity contribution in [3.8, 4) is 12.3 Å². The standard InChI is InChI=1S/C15H14O/c1-3-13-10-11-15(16-13)14(4-2)12-8-6-5-7-9-12/h2,5-11,14H,3H2,1H3. The lowest BCUT2D eigenvalue weighted by atomic mass is 9.98. The van der Waals surface area contributed by atoms with E-state index in [2.05, 4.69) is 12.8 Å². The van der Waals surface area contributed by atoms with Gasteiger partial charge in [0.15, 0.2) is 0 Å². The average molecular weight is 210 g/mol. The highest BCUT2D eigenvalue weighted by molar-refractivity contribution is 5.35. The number of aryl methyl sites for hydroxylation is 1. The Kier molecular flexibility index (Phi) is 3.12. The first-order chi connectivity index (χ1) is 7.85. The number of furan rings is 1. The Morgan fingerprint density at radius 2 is 1.94 bits per heavy atom. The van der Waals surface area contributed by atoms with Crippen LogP contribution in [0.25, 0.3) is 0 Å². The minimum atomic E-state index is -0.0819. The largest absolute Gasteiger partial charge is 0.464 e. The van der Waals surface area contributed by atoms with Crippen molar-refractivity contribution >= 4 is 0 Å². The topological polar surface area (TPSA) is 13.1 Å². The van der Waals surface area contributed by atoms with Gasteiger partial charge in [-0.15, -0.1) is 6.42 Å². The predicted molar refractivity (Wildman–Crippen MR) is 65.2 cm³/mol. The maximum absolute atomic E-state index is 5.70. The Balaban J connectivity index is 2.34. The first-order valence-corrected chi connectivity index (χ1v) is 5.44. The van der Waals surface area contributed by atoms with Crippen molar-refractivity contribution in [2.75, 3.05) is 0 Å². The van der Waals surface area contributed by atoms with Crippen LogP contribution in [0.5, 0.6) is 0 Å². The van der Waals surface area contributed by atoms with Crippen molar-refractivity contribution in [2.24, 2.45) is 0 Å². The summed E-state index contributed by atoms with van der Waals surface area (Å²) in [6, 6.07) is 14.0. The van der Waals surface area contributed by atoms with E-state index in [9.17, 15) is 0 Å². The van der Waals surface area contributed by atoms with E-state index in [1.807, 2.05) is 42.5 Å². The lowest BCUT2D eigenvalue weighted by molar-refractivity contribution is 0.469. The molecule has 0 fully saturated rings. The Hall–Kier alpha value is -1.94. The molecule has 1 atom stereocenters. The molecule has 1 unspecified atom stereocenters. The van der Waals surface area contributed by atoms with Gasteiger partial charge in [0, 0.05) is 6.42 Å². The fourth-order valence-corrected chi connectivity index (χ4v) is 1.73. The molecule has 1 heteroatoms. The molecule has 80 valence electrons. The number of terminal acetylenes is 1. The number of hydrogen-bond acceptors (Lipinski definition) is 1. The predicted octanol–water partition coefficient (Wildman–Crippen LogP) is 3.61. The molecule has 0 spiro atoms. The van der Waals surface area contributed by atoms with E-state index in [1.54, 1.807) is 0 Å². The molecule has 0 saturated carbocycles. The average Bonchev–Trinajstić information content (AvgIpc) is 2.80. The Labute approximate surface area is 96.1 Å². The summed E-state index contributed by atoms with van der Waals surface area (Å²) in [5, 5.41) is 0. The maximum Gasteiger partial charge on any atom is 0.123 e. The summed E-state index contributed by atoms with van der Waals surface area (Å²) in [5.41, 5.74) is 1.10. The van der Waals surface area contributed by atoms with Gasteiger partial charge in [-0.25, -0.2) is 0 Å². The molecule has 0 aliphatic heterocycles. The van der Waals surface area contributed by atoms with Crippen molar-refractivity contribution < 1.29 is 4.42 Å². The zero-order valence-electron chi connectivity index (χ0n) is 9.31. The fraction of sp³-hybridized carbons (Fsp3) is 0.200. The molecular formula is C15H14O. The fourth-order valence-electron chi connectivity index (χ4n) is 1.73. The first-order valence-electron chi connectivity index (χ1n) is 5.44. The van der Waals surface area contributed by atoms with E-state index < -0.39 is 0 Å². The quantitative estimate of drug-likeness (QED) is 0.705. The molecule has 2 rings (SSSR count). The highest BCUT2D eigenvalue weighted by Gasteiger charge is 2.14. The highest BCUT2D eigenvalue weighted by atomic mass is 16.3. The monoisotopic (exact) mass is 210 g/mol. The smallest absolute Gasteiger partial charge is 0.123 e. The Morgan fingerprint density at radius 1 is 1.19 bits per heavy atom. The van der Waals surface area contributed by atoms with Crippen LogP contribution in [0.3, 0.4) is 0 Å². The highest BCUT2D eigenvalue weighted by Crippen LogP contribution is 2.25. The van der Waals surface area contributed by atoms with Crippen LogP contribution in [0, 0.1) is 12.3 Å². The molecule has 16 heavy (non-hydrogen) atoms. The summed E-state index contributed by atoms with van der Waals surface area (Å²) in [6.45, 7) is 2.07. The van der Waals surface area contributed by atoms with Crippen molar-refractivity contribution in [3.05, 3.63) is 59.5 Å². The van der Waals surface area contributed by atoms with Crippen LogP contribution in [-0.2, 0) is 6.42 Å². The molecule has 1 aromatic heterocycles. The van der Waals surface area contributed by atoms with Gasteiger partial charge in [0.05, 0.1) is 0 Å². The van der Waals surface area contributed by atoms with Gasteiger partial charge in [0.1, 0.15) is 17.4 Å². The molecule has 0 aliphatic carbocycles. The Bertz CT molecular complexity index is 488. The molecule has 1 nitrogen and oxygen atoms in total. The van der Waals surface area contributed by atoms with E-state index >= 15 is 0 Å². The van der Waals surface area contributed by atoms with Crippen LogP contribution in [0.2, 0.25) is 0 Å². The van der Waals surface area contributed by atoms with E-state index in [0.29, 0.717) is 0 Å². The molecule has 0 N–H and O–H groups in total. The molecule has 0 radical (unpaired) electrons. The van der Waals surface area contributed by atoms with Gasteiger partial charge in [-0.3, -0.25) is 0 Å². The third kappa shape index (κ3) is 2.01. The molecule has 2 aromatic rings. The molecule has 1 aromatic carbocycles. The Morgan fingerprint density at radius 3 is 2.50 bits per heavy atom. The zero-order chi connectivity index (χ0) is 11.4. The third-order valence-electron chi connectivity index (χ3n) is 2.61. The van der Waals surface area contributed by atoms with E-state index in [-0.39, 0.29) is 5.92 Å². The van der Waals surface area contributed by atoms with Gasteiger partial charge in [-0.1, -0.05) is 43.2 Å². The van der Waals surface area contributed by atoms with Gasteiger partial charge >= 0.3 is 0 Å². The summed E-state index contributed by atoms with van der Waals surface area (Å²) in [6.07, 6.45) is 6.47. The number of benzene rings is 1. The van der Waals surface area contributed by atoms with Crippen molar-refractivity contribution in [1.82, 2.24) is 0 Å². The van der Waals surface area contributed by atoms with Crippen molar-refractivity contribution in [1.29, 1.82) is 0 Å². The van der Waals surface area contributed by atoms with E-state index in [4.69, 9.17) is 10.8 Å². The summed E-state index contributed by atoms with van der Waals surface area (Å²) in [5.74, 6) is 4.53. The minimum absolute atomic E-state index is 0.0819. The van der Waals surface area contributed by atoms with E-state index in [0.717, 1.165) is 23.5 Å². The first kappa shape index (κ1) is 10.6. The molecular weight excluding hydrogens is 196 g/mol. The molecule has 0 saturated heterocycles. The van der Waals surface area contributed by atoms with Crippen molar-refractivity contribution in [2.45, 2.75) is 19.3 Å². The molecule has 0 amide bonds. The van der Waals surface area contributed by atoms with E-state index in [1.165, 1.54) is 0 Å². The summed E-state index contributed by atoms with van der Waals surface area (Å²) in [4.78, 5) is 0. The SMILES string of the molecule is C#CC(c1ccccc1)c1ccc(CC)o1. The summed E-state index contributed by atoms with van der Waals surface area (Å²) < 4.78 is 5.70. The van der Waals surface area contributed by atoms with Gasteiger partial charge in [-0.05, 0) is 17.7 Å².